The normalized spacial score (nSPS) is 12.2. The van der Waals surface area contributed by atoms with Crippen molar-refractivity contribution in [2.75, 3.05) is 0 Å². The molecule has 0 amide bonds. The lowest BCUT2D eigenvalue weighted by atomic mass is 10.1. The fraction of sp³-hybridized carbons (Fsp3) is 0.0714. The summed E-state index contributed by atoms with van der Waals surface area (Å²) in [5, 5.41) is 4.41. The number of nitrogens with zero attached hydrogens (tertiary/aromatic N) is 1. The Labute approximate surface area is 137 Å². The quantitative estimate of drug-likeness (QED) is 0.640. The number of hydrazone groups is 1. The maximum Gasteiger partial charge on any atom is 0.276 e. The van der Waals surface area contributed by atoms with Gasteiger partial charge in [0.15, 0.2) is 0 Å². The first-order valence-corrected chi connectivity index (χ1v) is 8.61. The van der Waals surface area contributed by atoms with Gasteiger partial charge in [0.05, 0.1) is 10.6 Å². The first-order chi connectivity index (χ1) is 9.88. The largest absolute Gasteiger partial charge is 0.276 e. The summed E-state index contributed by atoms with van der Waals surface area (Å²) in [5.41, 5.74) is 1.39. The Morgan fingerprint density at radius 2 is 1.86 bits per heavy atom. The zero-order valence-corrected chi connectivity index (χ0v) is 14.2. The van der Waals surface area contributed by atoms with Crippen LogP contribution in [-0.4, -0.2) is 14.1 Å². The van der Waals surface area contributed by atoms with Gasteiger partial charge in [-0.2, -0.15) is 18.4 Å². The number of hydrogen-bond donors (Lipinski definition) is 1. The van der Waals surface area contributed by atoms with E-state index in [0.717, 1.165) is 10.0 Å². The highest BCUT2D eigenvalue weighted by Gasteiger charge is 2.12. The van der Waals surface area contributed by atoms with Gasteiger partial charge in [-0.15, -0.1) is 0 Å². The smallest absolute Gasteiger partial charge is 0.200 e. The van der Waals surface area contributed by atoms with Crippen molar-refractivity contribution < 1.29 is 8.42 Å². The molecule has 0 aliphatic rings. The standard InChI is InChI=1S/C14H12BrClN2O2S/c1-10(11-3-2-4-12(15)9-11)17-18-21(19,20)14-7-5-13(16)6-8-14/h2-9,18H,1H3. The molecule has 7 heteroatoms. The summed E-state index contributed by atoms with van der Waals surface area (Å²) >= 11 is 9.10. The van der Waals surface area contributed by atoms with Gasteiger partial charge in [-0.3, -0.25) is 0 Å². The predicted molar refractivity (Wildman–Crippen MR) is 88.1 cm³/mol. The van der Waals surface area contributed by atoms with Gasteiger partial charge in [-0.25, -0.2) is 0 Å². The van der Waals surface area contributed by atoms with E-state index >= 15 is 0 Å². The van der Waals surface area contributed by atoms with Gasteiger partial charge in [0.1, 0.15) is 0 Å². The van der Waals surface area contributed by atoms with E-state index in [9.17, 15) is 8.42 Å². The summed E-state index contributed by atoms with van der Waals surface area (Å²) in [5.74, 6) is 0. The molecule has 2 aromatic carbocycles. The lowest BCUT2D eigenvalue weighted by molar-refractivity contribution is 0.584. The molecule has 2 rings (SSSR count). The lowest BCUT2D eigenvalue weighted by Crippen LogP contribution is -2.19. The summed E-state index contributed by atoms with van der Waals surface area (Å²) in [4.78, 5) is 2.32. The monoisotopic (exact) mass is 386 g/mol. The second-order valence-corrected chi connectivity index (χ2v) is 7.27. The van der Waals surface area contributed by atoms with Crippen molar-refractivity contribution in [2.24, 2.45) is 5.10 Å². The number of sulfonamides is 1. The van der Waals surface area contributed by atoms with Gasteiger partial charge in [0.2, 0.25) is 0 Å². The first-order valence-electron chi connectivity index (χ1n) is 5.96. The fourth-order valence-electron chi connectivity index (χ4n) is 1.57. The maximum absolute atomic E-state index is 12.1. The average molecular weight is 388 g/mol. The molecule has 0 saturated heterocycles. The summed E-state index contributed by atoms with van der Waals surface area (Å²) in [7, 11) is -3.70. The van der Waals surface area contributed by atoms with Crippen LogP contribution in [0.15, 0.2) is 63.0 Å². The van der Waals surface area contributed by atoms with Crippen LogP contribution in [0.25, 0.3) is 0 Å². The van der Waals surface area contributed by atoms with Crippen LogP contribution >= 0.6 is 27.5 Å². The molecule has 21 heavy (non-hydrogen) atoms. The number of benzene rings is 2. The Bertz CT molecular complexity index is 774. The summed E-state index contributed by atoms with van der Waals surface area (Å²) in [6, 6.07) is 13.3. The number of halogens is 2. The minimum Gasteiger partial charge on any atom is -0.200 e. The van der Waals surface area contributed by atoms with Gasteiger partial charge in [0, 0.05) is 9.50 Å². The first kappa shape index (κ1) is 16.0. The molecule has 0 radical (unpaired) electrons. The van der Waals surface area contributed by atoms with Crippen molar-refractivity contribution in [3.05, 3.63) is 63.6 Å². The highest BCUT2D eigenvalue weighted by atomic mass is 79.9. The predicted octanol–water partition coefficient (Wildman–Crippen LogP) is 3.81. The molecule has 0 aliphatic heterocycles. The number of rotatable bonds is 4. The van der Waals surface area contributed by atoms with E-state index in [-0.39, 0.29) is 4.90 Å². The van der Waals surface area contributed by atoms with Crippen LogP contribution in [0.4, 0.5) is 0 Å². The zero-order chi connectivity index (χ0) is 15.5. The summed E-state index contributed by atoms with van der Waals surface area (Å²) < 4.78 is 25.0. The van der Waals surface area contributed by atoms with Crippen LogP contribution in [-0.2, 0) is 10.0 Å². The molecule has 0 aliphatic carbocycles. The van der Waals surface area contributed by atoms with Crippen LogP contribution in [0.2, 0.25) is 5.02 Å². The minimum atomic E-state index is -3.70. The Balaban J connectivity index is 2.21. The molecular formula is C14H12BrClN2O2S. The molecule has 0 aromatic heterocycles. The van der Waals surface area contributed by atoms with E-state index in [2.05, 4.69) is 25.9 Å². The minimum absolute atomic E-state index is 0.109. The SMILES string of the molecule is CC(=NNS(=O)(=O)c1ccc(Cl)cc1)c1cccc(Br)c1. The third-order valence-corrected chi connectivity index (χ3v) is 4.67. The van der Waals surface area contributed by atoms with E-state index in [1.807, 2.05) is 24.3 Å². The van der Waals surface area contributed by atoms with Crippen molar-refractivity contribution in [3.8, 4) is 0 Å². The Morgan fingerprint density at radius 3 is 2.48 bits per heavy atom. The van der Waals surface area contributed by atoms with Crippen molar-refractivity contribution in [3.63, 3.8) is 0 Å². The van der Waals surface area contributed by atoms with Gasteiger partial charge >= 0.3 is 0 Å². The maximum atomic E-state index is 12.1. The van der Waals surface area contributed by atoms with Crippen LogP contribution in [0.5, 0.6) is 0 Å². The third-order valence-electron chi connectivity index (χ3n) is 2.70. The highest BCUT2D eigenvalue weighted by Crippen LogP contribution is 2.15. The fourth-order valence-corrected chi connectivity index (χ4v) is 2.96. The van der Waals surface area contributed by atoms with E-state index < -0.39 is 10.0 Å². The molecule has 0 atom stereocenters. The molecule has 0 saturated carbocycles. The van der Waals surface area contributed by atoms with E-state index in [0.29, 0.717) is 10.7 Å². The summed E-state index contributed by atoms with van der Waals surface area (Å²) in [6.45, 7) is 1.73. The molecule has 2 aromatic rings. The van der Waals surface area contributed by atoms with E-state index in [1.54, 1.807) is 6.92 Å². The van der Waals surface area contributed by atoms with Gasteiger partial charge < -0.3 is 0 Å². The van der Waals surface area contributed by atoms with Gasteiger partial charge in [-0.05, 0) is 48.9 Å². The number of hydrogen-bond acceptors (Lipinski definition) is 3. The van der Waals surface area contributed by atoms with E-state index in [1.165, 1.54) is 24.3 Å². The molecular weight excluding hydrogens is 376 g/mol. The molecule has 0 spiro atoms. The lowest BCUT2D eigenvalue weighted by Gasteiger charge is -2.06. The Hall–Kier alpha value is -1.37. The Morgan fingerprint density at radius 1 is 1.19 bits per heavy atom. The molecule has 4 nitrogen and oxygen atoms in total. The second-order valence-electron chi connectivity index (χ2n) is 4.26. The average Bonchev–Trinajstić information content (AvgIpc) is 2.45. The molecule has 1 N–H and O–H groups in total. The molecule has 0 fully saturated rings. The van der Waals surface area contributed by atoms with Crippen molar-refractivity contribution >= 4 is 43.3 Å². The van der Waals surface area contributed by atoms with Crippen LogP contribution < -0.4 is 4.83 Å². The highest BCUT2D eigenvalue weighted by molar-refractivity contribution is 9.10. The Kier molecular flexibility index (Phi) is 5.03. The second kappa shape index (κ2) is 6.60. The van der Waals surface area contributed by atoms with Gasteiger partial charge in [-0.1, -0.05) is 39.7 Å². The summed E-state index contributed by atoms with van der Waals surface area (Å²) in [6.07, 6.45) is 0. The van der Waals surface area contributed by atoms with Crippen LogP contribution in [0.3, 0.4) is 0 Å². The number of nitrogens with one attached hydrogen (secondary N) is 1. The van der Waals surface area contributed by atoms with Crippen molar-refractivity contribution in [1.29, 1.82) is 0 Å². The molecule has 110 valence electrons. The molecule has 0 heterocycles. The topological polar surface area (TPSA) is 58.5 Å². The van der Waals surface area contributed by atoms with Crippen LogP contribution in [0, 0.1) is 0 Å². The molecule has 0 unspecified atom stereocenters. The molecule has 0 bridgehead atoms. The van der Waals surface area contributed by atoms with Crippen molar-refractivity contribution in [1.82, 2.24) is 4.83 Å². The van der Waals surface area contributed by atoms with Crippen molar-refractivity contribution in [2.45, 2.75) is 11.8 Å². The van der Waals surface area contributed by atoms with Crippen LogP contribution in [0.1, 0.15) is 12.5 Å². The third kappa shape index (κ3) is 4.30. The zero-order valence-electron chi connectivity index (χ0n) is 11.0. The van der Waals surface area contributed by atoms with Gasteiger partial charge in [0.25, 0.3) is 10.0 Å². The van der Waals surface area contributed by atoms with E-state index in [4.69, 9.17) is 11.6 Å².